The summed E-state index contributed by atoms with van der Waals surface area (Å²) in [6.07, 6.45) is 18.2. The van der Waals surface area contributed by atoms with Crippen molar-refractivity contribution in [2.45, 2.75) is 136 Å². The number of carbonyl (C=O) groups is 16. The van der Waals surface area contributed by atoms with Crippen molar-refractivity contribution in [1.82, 2.24) is 14.8 Å². The topological polar surface area (TPSA) is 381 Å². The fraction of sp³-hybridized carbons (Fsp3) is 0.446. The third-order valence-electron chi connectivity index (χ3n) is 25.6. The molecule has 12 atom stereocenters. The first-order valence-electron chi connectivity index (χ1n) is 42.0. The van der Waals surface area contributed by atoms with E-state index in [-0.39, 0.29) is 64.8 Å². The number of fused-ring (bicyclic) bond motifs is 12. The summed E-state index contributed by atoms with van der Waals surface area (Å²) < 4.78 is 34.3. The highest BCUT2D eigenvalue weighted by molar-refractivity contribution is 6.33. The molecule has 12 amide bonds. The average molecular weight is 1670 g/mol. The number of carbonyl (C=O) groups excluding carboxylic acids is 15. The highest BCUT2D eigenvalue weighted by atomic mass is 16.5. The highest BCUT2D eigenvalue weighted by Gasteiger charge is 2.76. The van der Waals surface area contributed by atoms with Gasteiger partial charge in [-0.15, -0.1) is 0 Å². The van der Waals surface area contributed by atoms with E-state index in [4.69, 9.17) is 33.5 Å². The molecule has 1 aromatic heterocycles. The zero-order valence-corrected chi connectivity index (χ0v) is 68.3. The smallest absolute Gasteiger partial charge is 0.338 e. The van der Waals surface area contributed by atoms with Gasteiger partial charge in [0.1, 0.15) is 11.5 Å². The van der Waals surface area contributed by atoms with Gasteiger partial charge in [-0.25, -0.2) is 38.8 Å². The van der Waals surface area contributed by atoms with Gasteiger partial charge in [0, 0.05) is 33.1 Å². The molecule has 6 aromatic rings. The van der Waals surface area contributed by atoms with Gasteiger partial charge in [-0.05, 0) is 229 Å². The van der Waals surface area contributed by atoms with Gasteiger partial charge in [-0.2, -0.15) is 0 Å². The van der Waals surface area contributed by atoms with Crippen molar-refractivity contribution in [1.29, 1.82) is 0 Å². The number of rotatable bonds is 33. The summed E-state index contributed by atoms with van der Waals surface area (Å²) in [6.45, 7) is 7.57. The van der Waals surface area contributed by atoms with Gasteiger partial charge in [-0.1, -0.05) is 38.3 Å². The van der Waals surface area contributed by atoms with Crippen LogP contribution in [0.25, 0.3) is 0 Å². The number of pyridine rings is 1. The van der Waals surface area contributed by atoms with E-state index in [9.17, 15) is 76.7 Å². The second-order valence-corrected chi connectivity index (χ2v) is 33.2. The first kappa shape index (κ1) is 84.5. The second-order valence-electron chi connectivity index (χ2n) is 33.2. The molecule has 0 spiro atoms. The fourth-order valence-electron chi connectivity index (χ4n) is 19.2. The molecule has 6 saturated heterocycles. The van der Waals surface area contributed by atoms with Crippen molar-refractivity contribution >= 4 is 118 Å². The Balaban J connectivity index is 0.000000190. The molecule has 636 valence electrons. The Labute approximate surface area is 702 Å². The molecule has 4 aliphatic carbocycles. The third-order valence-corrected chi connectivity index (χ3v) is 25.6. The number of benzene rings is 5. The van der Waals surface area contributed by atoms with Crippen LogP contribution in [0.2, 0.25) is 0 Å². The van der Waals surface area contributed by atoms with E-state index in [0.717, 1.165) is 92.3 Å². The van der Waals surface area contributed by atoms with Crippen LogP contribution in [0.3, 0.4) is 0 Å². The Morgan fingerprint density at radius 3 is 1.08 bits per heavy atom. The lowest BCUT2D eigenvalue weighted by Crippen LogP contribution is -2.50. The number of nitrogens with zero attached hydrogens (tertiary/aromatic N) is 7. The van der Waals surface area contributed by atoms with Crippen LogP contribution in [0.1, 0.15) is 173 Å². The number of aromatic carboxylic acids is 1. The highest BCUT2D eigenvalue weighted by Crippen LogP contribution is 2.61. The Hall–Kier alpha value is -12.5. The van der Waals surface area contributed by atoms with Crippen molar-refractivity contribution in [3.05, 3.63) is 172 Å². The zero-order valence-electron chi connectivity index (χ0n) is 68.3. The molecular weight excluding hydrogens is 1570 g/mol. The van der Waals surface area contributed by atoms with E-state index in [0.29, 0.717) is 80.6 Å². The Bertz CT molecular complexity index is 5010. The van der Waals surface area contributed by atoms with Crippen LogP contribution in [-0.4, -0.2) is 174 Å². The minimum Gasteiger partial charge on any atom is -0.494 e. The molecule has 30 nitrogen and oxygen atoms in total. The van der Waals surface area contributed by atoms with Crippen molar-refractivity contribution in [2.75, 3.05) is 73.3 Å². The molecule has 0 bridgehead atoms. The van der Waals surface area contributed by atoms with Gasteiger partial charge in [0.15, 0.2) is 0 Å². The summed E-state index contributed by atoms with van der Waals surface area (Å²) in [5.41, 5.74) is 3.98. The summed E-state index contributed by atoms with van der Waals surface area (Å²) in [7, 11) is 2.61. The van der Waals surface area contributed by atoms with Gasteiger partial charge in [-0.3, -0.25) is 72.3 Å². The predicted octanol–water partition coefficient (Wildman–Crippen LogP) is 9.93. The summed E-state index contributed by atoms with van der Waals surface area (Å²) in [5.74, 6) is -21.4. The number of aryl methyl sites for hydroxylation is 3. The number of aromatic nitrogens is 1. The maximum atomic E-state index is 13.9. The molecule has 1 N–H and O–H groups in total. The number of anilines is 4. The Morgan fingerprint density at radius 1 is 0.361 bits per heavy atom. The Morgan fingerprint density at radius 2 is 0.689 bits per heavy atom. The monoisotopic (exact) mass is 1670 g/mol. The summed E-state index contributed by atoms with van der Waals surface area (Å²) in [6, 6.07) is 31.1. The average Bonchev–Trinajstić information content (AvgIpc) is 1.54. The van der Waals surface area contributed by atoms with Crippen LogP contribution in [0.5, 0.6) is 11.5 Å². The third kappa shape index (κ3) is 16.1. The number of esters is 3. The van der Waals surface area contributed by atoms with Crippen LogP contribution in [0, 0.1) is 84.9 Å². The van der Waals surface area contributed by atoms with Gasteiger partial charge in [0.05, 0.1) is 155 Å². The fourth-order valence-corrected chi connectivity index (χ4v) is 19.2. The van der Waals surface area contributed by atoms with E-state index < -0.39 is 166 Å². The summed E-state index contributed by atoms with van der Waals surface area (Å²) in [4.78, 5) is 222. The molecule has 16 rings (SSSR count). The number of likely N-dealkylation sites (tertiary alicyclic amines) is 2. The molecule has 5 aromatic carbocycles. The number of carboxylic acid groups (broad SMARTS) is 1. The van der Waals surface area contributed by atoms with Crippen LogP contribution >= 0.6 is 0 Å². The van der Waals surface area contributed by atoms with Gasteiger partial charge >= 0.3 is 23.9 Å². The maximum Gasteiger partial charge on any atom is 0.338 e. The van der Waals surface area contributed by atoms with E-state index in [1.54, 1.807) is 62.6 Å². The first-order chi connectivity index (χ1) is 58.8. The van der Waals surface area contributed by atoms with Crippen LogP contribution in [-0.2, 0) is 82.9 Å². The molecule has 7 heterocycles. The van der Waals surface area contributed by atoms with Gasteiger partial charge in [0.2, 0.25) is 70.9 Å². The van der Waals surface area contributed by atoms with Crippen molar-refractivity contribution < 1.29 is 110 Å². The van der Waals surface area contributed by atoms with E-state index in [1.165, 1.54) is 81.4 Å². The standard InChI is InChI=1S/C47H52N4O12.C45H43N3O11/c1-4-5-6-7-18-61-29-14-10-24(11-15-29)25-12-16-30(17-13-25)62-19-8-9-20-63-47(60)26-21-27(50-43(56)35-31-32(36(35)44(50)57)40(53)48(2)39(31)52)23-28(22-26)51-45(58)37-33-34(38(37)46(51)59)42(55)49(3)41(33)54;1-26-20-30(44(55)58-18-6-3-5-17-57-34-11-9-29(10-12-34)43(53)54)24-32(22-26)47-39(49)35-36(40(47)50)38-37(35)41(51)48(42(38)52)33-23-27(2)21-31(25-33)45(56)59-19-7-4-8-28-13-15-46-16-14-28/h12-13,16-17,21-24,29,31-38H,4-11,14-15,18-20H2,1-3H3;9-16,20-25,35-38H,3-8,17-19H2,1-2H3,(H,53,54). The van der Waals surface area contributed by atoms with Gasteiger partial charge < -0.3 is 33.5 Å². The second kappa shape index (κ2) is 35.7. The molecule has 122 heavy (non-hydrogen) atoms. The predicted molar refractivity (Wildman–Crippen MR) is 433 cm³/mol. The lowest BCUT2D eigenvalue weighted by Gasteiger charge is -2.36. The normalized spacial score (nSPS) is 25.2. The van der Waals surface area contributed by atoms with E-state index in [2.05, 4.69) is 24.0 Å². The number of carboxylic acids is 1. The van der Waals surface area contributed by atoms with Crippen LogP contribution < -0.4 is 29.1 Å². The summed E-state index contributed by atoms with van der Waals surface area (Å²) in [5, 5.41) is 9.01. The molecule has 10 fully saturated rings. The number of imide groups is 6. The largest absolute Gasteiger partial charge is 0.494 e. The van der Waals surface area contributed by atoms with Crippen molar-refractivity contribution in [2.24, 2.45) is 71.0 Å². The quantitative estimate of drug-likeness (QED) is 0.0173. The van der Waals surface area contributed by atoms with Crippen molar-refractivity contribution in [3.8, 4) is 11.5 Å². The number of hydrogen-bond acceptors (Lipinski definition) is 23. The molecular formula is C92H95N7O23. The van der Waals surface area contributed by atoms with Crippen molar-refractivity contribution in [3.63, 3.8) is 0 Å². The molecule has 30 heteroatoms. The molecule has 10 aliphatic rings. The van der Waals surface area contributed by atoms with Crippen LogP contribution in [0.4, 0.5) is 22.7 Å². The summed E-state index contributed by atoms with van der Waals surface area (Å²) >= 11 is 0. The number of hydrogen-bond donors (Lipinski definition) is 1. The minimum atomic E-state index is -1.09. The molecule has 12 unspecified atom stereocenters. The maximum absolute atomic E-state index is 13.9. The van der Waals surface area contributed by atoms with E-state index >= 15 is 0 Å². The zero-order chi connectivity index (χ0) is 86.2. The minimum absolute atomic E-state index is 0.0224. The number of ether oxygens (including phenoxy) is 6. The van der Waals surface area contributed by atoms with Crippen LogP contribution in [0.15, 0.2) is 128 Å². The first-order valence-corrected chi connectivity index (χ1v) is 42.0. The SMILES string of the molecule is CCCCCCOC1CCC(c2ccc(OCCCCOC(=O)c3cc(N4C(=O)C5C6C(=O)N(C)C(=O)C6C5C4=O)cc(N4C(=O)C5C6C(=O)N(C)C(=O)C6C5C4=O)c3)cc2)CC1.Cc1cc(C(=O)OCCCCCOc2ccc(C(=O)O)cc2)cc(N2C(=O)C3C(C2=O)C2C(=O)N(c4cc(C)cc(C(=O)OCCCCc5ccncc5)c4)C(=O)C32)c1. The lowest BCUT2D eigenvalue weighted by molar-refractivity contribution is -0.146. The molecule has 4 saturated carbocycles. The molecule has 6 aliphatic heterocycles. The number of unbranched alkanes of at least 4 members (excludes halogenated alkanes) is 7. The number of amides is 12. The van der Waals surface area contributed by atoms with E-state index in [1.807, 2.05) is 24.3 Å². The van der Waals surface area contributed by atoms with Gasteiger partial charge in [0.25, 0.3) is 0 Å². The molecule has 0 radical (unpaired) electrons. The Kier molecular flexibility index (Phi) is 24.7. The lowest BCUT2D eigenvalue weighted by atomic mass is 9.59.